The molecule has 9 nitrogen and oxygen atoms in total. The summed E-state index contributed by atoms with van der Waals surface area (Å²) in [5, 5.41) is 3.59. The topological polar surface area (TPSA) is 110 Å². The van der Waals surface area contributed by atoms with Crippen LogP contribution in [-0.4, -0.2) is 49.0 Å². The van der Waals surface area contributed by atoms with E-state index in [0.29, 0.717) is 66.7 Å². The Kier molecular flexibility index (Phi) is 5.18. The van der Waals surface area contributed by atoms with Crippen LogP contribution in [-0.2, 0) is 10.0 Å². The SMILES string of the molecule is CNC(=O)c1c(C)oc2cc(N(C)S(C)(=O)=O)c(-c3ccc4ncn5c6cccc(F)c6cc5c4n3)cc12. The maximum Gasteiger partial charge on any atom is 0.255 e. The first kappa shape index (κ1) is 23.9. The molecule has 0 radical (unpaired) electrons. The van der Waals surface area contributed by atoms with Gasteiger partial charge in [0.2, 0.25) is 10.0 Å². The standard InChI is InChI=1S/C27H22FN5O4S/c1-14-25(27(34)29-2)17-10-16(22(12-24(17)37-14)32(3)38(4,35)36)19-8-9-20-26(31-19)23-11-15-18(28)6-5-7-21(15)33(23)13-30-20/h5-13H,1-4H3,(H,29,34). The molecule has 6 rings (SSSR count). The summed E-state index contributed by atoms with van der Waals surface area (Å²) < 4.78 is 48.4. The van der Waals surface area contributed by atoms with Crippen molar-refractivity contribution in [1.82, 2.24) is 19.7 Å². The molecule has 0 bridgehead atoms. The molecule has 0 spiro atoms. The third-order valence-electron chi connectivity index (χ3n) is 6.81. The highest BCUT2D eigenvalue weighted by Gasteiger charge is 2.24. The van der Waals surface area contributed by atoms with Crippen LogP contribution >= 0.6 is 0 Å². The van der Waals surface area contributed by atoms with E-state index in [-0.39, 0.29) is 11.7 Å². The fourth-order valence-electron chi connectivity index (χ4n) is 4.84. The Hall–Kier alpha value is -4.51. The number of hydrogen-bond donors (Lipinski definition) is 1. The number of carbonyl (C=O) groups excluding carboxylic acids is 1. The average molecular weight is 532 g/mol. The minimum Gasteiger partial charge on any atom is -0.460 e. The van der Waals surface area contributed by atoms with Crippen LogP contribution in [0.15, 0.2) is 59.3 Å². The maximum absolute atomic E-state index is 14.5. The van der Waals surface area contributed by atoms with Crippen LogP contribution in [0.2, 0.25) is 0 Å². The Morgan fingerprint density at radius 3 is 2.63 bits per heavy atom. The molecule has 0 aliphatic heterocycles. The number of halogens is 1. The van der Waals surface area contributed by atoms with Crippen LogP contribution < -0.4 is 9.62 Å². The van der Waals surface area contributed by atoms with E-state index in [9.17, 15) is 17.6 Å². The molecule has 4 aromatic heterocycles. The molecule has 192 valence electrons. The highest BCUT2D eigenvalue weighted by Crippen LogP contribution is 2.39. The Labute approximate surface area is 216 Å². The number of rotatable bonds is 4. The van der Waals surface area contributed by atoms with Gasteiger partial charge >= 0.3 is 0 Å². The fourth-order valence-corrected chi connectivity index (χ4v) is 5.35. The first-order chi connectivity index (χ1) is 18.1. The quantitative estimate of drug-likeness (QED) is 0.355. The first-order valence-corrected chi connectivity index (χ1v) is 13.5. The number of anilines is 1. The van der Waals surface area contributed by atoms with Gasteiger partial charge in [-0.25, -0.2) is 22.8 Å². The summed E-state index contributed by atoms with van der Waals surface area (Å²) in [5.41, 5.74) is 4.40. The van der Waals surface area contributed by atoms with Gasteiger partial charge in [-0.05, 0) is 43.3 Å². The van der Waals surface area contributed by atoms with Gasteiger partial charge in [-0.3, -0.25) is 13.5 Å². The summed E-state index contributed by atoms with van der Waals surface area (Å²) in [6.07, 6.45) is 2.73. The summed E-state index contributed by atoms with van der Waals surface area (Å²) in [4.78, 5) is 22.0. The molecule has 4 heterocycles. The van der Waals surface area contributed by atoms with Gasteiger partial charge in [0.1, 0.15) is 29.0 Å². The van der Waals surface area contributed by atoms with Crippen molar-refractivity contribution < 1.29 is 22.0 Å². The Balaban J connectivity index is 1.69. The van der Waals surface area contributed by atoms with Gasteiger partial charge in [0.15, 0.2) is 0 Å². The number of aryl methyl sites for hydroxylation is 1. The number of sulfonamides is 1. The van der Waals surface area contributed by atoms with Crippen molar-refractivity contribution in [2.75, 3.05) is 24.7 Å². The second kappa shape index (κ2) is 8.25. The van der Waals surface area contributed by atoms with Crippen molar-refractivity contribution in [1.29, 1.82) is 0 Å². The molecule has 0 unspecified atom stereocenters. The number of benzene rings is 2. The number of nitrogens with one attached hydrogen (secondary N) is 1. The summed E-state index contributed by atoms with van der Waals surface area (Å²) in [6.45, 7) is 1.68. The monoisotopic (exact) mass is 531 g/mol. The van der Waals surface area contributed by atoms with E-state index >= 15 is 0 Å². The maximum atomic E-state index is 14.5. The Morgan fingerprint density at radius 2 is 1.89 bits per heavy atom. The van der Waals surface area contributed by atoms with Crippen LogP contribution in [0, 0.1) is 12.7 Å². The molecule has 11 heteroatoms. The number of carbonyl (C=O) groups is 1. The number of aromatic nitrogens is 3. The van der Waals surface area contributed by atoms with E-state index in [0.717, 1.165) is 10.6 Å². The van der Waals surface area contributed by atoms with E-state index in [1.165, 1.54) is 20.2 Å². The van der Waals surface area contributed by atoms with E-state index in [1.807, 2.05) is 0 Å². The van der Waals surface area contributed by atoms with Gasteiger partial charge in [-0.15, -0.1) is 0 Å². The normalized spacial score (nSPS) is 12.1. The molecule has 0 atom stereocenters. The lowest BCUT2D eigenvalue weighted by atomic mass is 10.0. The number of pyridine rings is 1. The van der Waals surface area contributed by atoms with Crippen molar-refractivity contribution in [3.05, 3.63) is 72.0 Å². The lowest BCUT2D eigenvalue weighted by Gasteiger charge is -2.20. The van der Waals surface area contributed by atoms with Crippen LogP contribution in [0.1, 0.15) is 16.1 Å². The third kappa shape index (κ3) is 3.50. The predicted octanol–water partition coefficient (Wildman–Crippen LogP) is 4.65. The fraction of sp³-hybridized carbons (Fsp3) is 0.148. The van der Waals surface area contributed by atoms with Crippen molar-refractivity contribution in [2.45, 2.75) is 6.92 Å². The number of hydrogen-bond acceptors (Lipinski definition) is 6. The van der Waals surface area contributed by atoms with Crippen molar-refractivity contribution in [3.63, 3.8) is 0 Å². The Morgan fingerprint density at radius 1 is 1.11 bits per heavy atom. The smallest absolute Gasteiger partial charge is 0.255 e. The van der Waals surface area contributed by atoms with E-state index in [1.54, 1.807) is 60.1 Å². The summed E-state index contributed by atoms with van der Waals surface area (Å²) in [6, 6.07) is 13.4. The summed E-state index contributed by atoms with van der Waals surface area (Å²) >= 11 is 0. The highest BCUT2D eigenvalue weighted by molar-refractivity contribution is 7.92. The molecule has 1 N–H and O–H groups in total. The van der Waals surface area contributed by atoms with Gasteiger partial charge in [0.25, 0.3) is 5.91 Å². The largest absolute Gasteiger partial charge is 0.460 e. The molecule has 0 aliphatic carbocycles. The molecule has 6 aromatic rings. The van der Waals surface area contributed by atoms with Crippen molar-refractivity contribution in [2.24, 2.45) is 0 Å². The van der Waals surface area contributed by atoms with Gasteiger partial charge in [-0.2, -0.15) is 0 Å². The minimum absolute atomic E-state index is 0.323. The summed E-state index contributed by atoms with van der Waals surface area (Å²) in [7, 11) is -0.680. The second-order valence-electron chi connectivity index (χ2n) is 9.09. The number of amides is 1. The number of fused-ring (bicyclic) bond motifs is 6. The van der Waals surface area contributed by atoms with E-state index < -0.39 is 10.0 Å². The lowest BCUT2D eigenvalue weighted by molar-refractivity contribution is 0.0963. The van der Waals surface area contributed by atoms with Gasteiger partial charge in [-0.1, -0.05) is 6.07 Å². The number of nitrogens with zero attached hydrogens (tertiary/aromatic N) is 4. The molecule has 0 saturated carbocycles. The zero-order valence-corrected chi connectivity index (χ0v) is 21.7. The third-order valence-corrected chi connectivity index (χ3v) is 8.00. The van der Waals surface area contributed by atoms with Crippen LogP contribution in [0.5, 0.6) is 0 Å². The Bertz CT molecular complexity index is 2060. The van der Waals surface area contributed by atoms with Crippen molar-refractivity contribution in [3.8, 4) is 11.3 Å². The average Bonchev–Trinajstić information content (AvgIpc) is 3.44. The van der Waals surface area contributed by atoms with Gasteiger partial charge in [0.05, 0.1) is 39.8 Å². The zero-order valence-electron chi connectivity index (χ0n) is 20.9. The van der Waals surface area contributed by atoms with Gasteiger partial charge in [0, 0.05) is 36.5 Å². The second-order valence-corrected chi connectivity index (χ2v) is 11.1. The van der Waals surface area contributed by atoms with E-state index in [2.05, 4.69) is 10.3 Å². The molecule has 1 amide bonds. The molecule has 0 saturated heterocycles. The lowest BCUT2D eigenvalue weighted by Crippen LogP contribution is -2.25. The van der Waals surface area contributed by atoms with Crippen LogP contribution in [0.25, 0.3) is 49.7 Å². The number of furan rings is 1. The molecular weight excluding hydrogens is 509 g/mol. The van der Waals surface area contributed by atoms with Crippen LogP contribution in [0.3, 0.4) is 0 Å². The molecular formula is C27H22FN5O4S. The van der Waals surface area contributed by atoms with E-state index in [4.69, 9.17) is 9.40 Å². The minimum atomic E-state index is -3.65. The van der Waals surface area contributed by atoms with Crippen LogP contribution in [0.4, 0.5) is 10.1 Å². The zero-order chi connectivity index (χ0) is 26.9. The highest BCUT2D eigenvalue weighted by atomic mass is 32.2. The van der Waals surface area contributed by atoms with Crippen molar-refractivity contribution >= 4 is 60.0 Å². The first-order valence-electron chi connectivity index (χ1n) is 11.7. The molecule has 2 aromatic carbocycles. The molecule has 0 aliphatic rings. The van der Waals surface area contributed by atoms with Gasteiger partial charge < -0.3 is 9.73 Å². The summed E-state index contributed by atoms with van der Waals surface area (Å²) in [5.74, 6) is -0.269. The molecule has 0 fully saturated rings. The predicted molar refractivity (Wildman–Crippen MR) is 145 cm³/mol. The molecule has 38 heavy (non-hydrogen) atoms.